The van der Waals surface area contributed by atoms with Crippen LogP contribution in [0.1, 0.15) is 19.8 Å². The lowest BCUT2D eigenvalue weighted by molar-refractivity contribution is -0.384. The molecular formula is C17H19N3O3. The Morgan fingerprint density at radius 2 is 1.83 bits per heavy atom. The Hall–Kier alpha value is -2.89. The van der Waals surface area contributed by atoms with Crippen molar-refractivity contribution in [1.82, 2.24) is 5.32 Å². The number of rotatable bonds is 6. The van der Waals surface area contributed by atoms with E-state index in [1.807, 2.05) is 0 Å². The van der Waals surface area contributed by atoms with Crippen LogP contribution in [0.3, 0.4) is 0 Å². The molecule has 6 heteroatoms. The topological polar surface area (TPSA) is 84.3 Å². The van der Waals surface area contributed by atoms with Gasteiger partial charge in [0.25, 0.3) is 5.69 Å². The molecule has 0 atom stereocenters. The lowest BCUT2D eigenvalue weighted by Crippen LogP contribution is -2.29. The first-order valence-corrected chi connectivity index (χ1v) is 7.50. The average Bonchev–Trinajstić information content (AvgIpc) is 2.56. The predicted octanol–water partition coefficient (Wildman–Crippen LogP) is 4.18. The number of nitro groups is 1. The van der Waals surface area contributed by atoms with Crippen LogP contribution in [0.2, 0.25) is 0 Å². The zero-order chi connectivity index (χ0) is 16.7. The molecule has 0 aliphatic rings. The van der Waals surface area contributed by atoms with E-state index in [2.05, 4.69) is 17.6 Å². The molecule has 0 unspecified atom stereocenters. The van der Waals surface area contributed by atoms with Gasteiger partial charge in [0.1, 0.15) is 0 Å². The van der Waals surface area contributed by atoms with Gasteiger partial charge in [-0.1, -0.05) is 37.6 Å². The molecule has 0 saturated carbocycles. The standard InChI is InChI=1S/C17H19N3O3/c1-2-3-12-18-17(21)19-14-10-8-13(9-11-14)15-6-4-5-7-16(15)20(22)23/h4-11H,2-3,12H2,1H3,(H2,18,19,21). The molecule has 6 nitrogen and oxygen atoms in total. The number of hydrogen-bond donors (Lipinski definition) is 2. The summed E-state index contributed by atoms with van der Waals surface area (Å²) in [4.78, 5) is 22.3. The number of para-hydroxylation sites is 1. The molecule has 2 aromatic carbocycles. The molecule has 0 aromatic heterocycles. The Labute approximate surface area is 134 Å². The highest BCUT2D eigenvalue weighted by molar-refractivity contribution is 5.89. The summed E-state index contributed by atoms with van der Waals surface area (Å²) in [6.07, 6.45) is 1.95. The quantitative estimate of drug-likeness (QED) is 0.476. The minimum absolute atomic E-state index is 0.0607. The first kappa shape index (κ1) is 16.5. The van der Waals surface area contributed by atoms with E-state index in [4.69, 9.17) is 0 Å². The number of nitro benzene ring substituents is 1. The molecule has 2 rings (SSSR count). The average molecular weight is 313 g/mol. The molecule has 23 heavy (non-hydrogen) atoms. The van der Waals surface area contributed by atoms with Crippen LogP contribution in [0.25, 0.3) is 11.1 Å². The number of carbonyl (C=O) groups excluding carboxylic acids is 1. The fourth-order valence-electron chi connectivity index (χ4n) is 2.16. The van der Waals surface area contributed by atoms with Crippen molar-refractivity contribution >= 4 is 17.4 Å². The van der Waals surface area contributed by atoms with Crippen molar-refractivity contribution in [3.05, 3.63) is 58.6 Å². The number of anilines is 1. The highest BCUT2D eigenvalue weighted by Gasteiger charge is 2.13. The number of nitrogens with zero attached hydrogens (tertiary/aromatic N) is 1. The van der Waals surface area contributed by atoms with Crippen LogP contribution in [-0.2, 0) is 0 Å². The van der Waals surface area contributed by atoms with Crippen LogP contribution in [0.15, 0.2) is 48.5 Å². The van der Waals surface area contributed by atoms with E-state index in [0.717, 1.165) is 18.4 Å². The van der Waals surface area contributed by atoms with Crippen LogP contribution in [-0.4, -0.2) is 17.5 Å². The molecular weight excluding hydrogens is 294 g/mol. The third-order valence-electron chi connectivity index (χ3n) is 3.37. The van der Waals surface area contributed by atoms with Crippen molar-refractivity contribution < 1.29 is 9.72 Å². The third kappa shape index (κ3) is 4.54. The minimum Gasteiger partial charge on any atom is -0.338 e. The van der Waals surface area contributed by atoms with E-state index in [9.17, 15) is 14.9 Å². The Bertz CT molecular complexity index is 684. The molecule has 0 spiro atoms. The molecule has 0 aliphatic carbocycles. The summed E-state index contributed by atoms with van der Waals surface area (Å²) in [5.41, 5.74) is 1.98. The highest BCUT2D eigenvalue weighted by Crippen LogP contribution is 2.30. The van der Waals surface area contributed by atoms with Gasteiger partial charge in [-0.25, -0.2) is 4.79 Å². The van der Waals surface area contributed by atoms with E-state index in [-0.39, 0.29) is 11.7 Å². The van der Waals surface area contributed by atoms with Crippen LogP contribution < -0.4 is 10.6 Å². The molecule has 0 aliphatic heterocycles. The molecule has 0 saturated heterocycles. The van der Waals surface area contributed by atoms with Gasteiger partial charge in [0.2, 0.25) is 0 Å². The van der Waals surface area contributed by atoms with E-state index in [1.165, 1.54) is 6.07 Å². The molecule has 0 bridgehead atoms. The summed E-state index contributed by atoms with van der Waals surface area (Å²) in [7, 11) is 0. The van der Waals surface area contributed by atoms with E-state index in [1.54, 1.807) is 42.5 Å². The molecule has 2 amide bonds. The Balaban J connectivity index is 2.08. The summed E-state index contributed by atoms with van der Waals surface area (Å²) in [5, 5.41) is 16.6. The molecule has 0 fully saturated rings. The maximum atomic E-state index is 11.7. The first-order chi connectivity index (χ1) is 11.1. The normalized spacial score (nSPS) is 10.1. The number of carbonyl (C=O) groups is 1. The Morgan fingerprint density at radius 3 is 2.48 bits per heavy atom. The number of benzene rings is 2. The van der Waals surface area contributed by atoms with Gasteiger partial charge >= 0.3 is 6.03 Å². The summed E-state index contributed by atoms with van der Waals surface area (Å²) >= 11 is 0. The van der Waals surface area contributed by atoms with Crippen LogP contribution in [0.5, 0.6) is 0 Å². The maximum absolute atomic E-state index is 11.7. The zero-order valence-electron chi connectivity index (χ0n) is 12.9. The summed E-state index contributed by atoms with van der Waals surface area (Å²) in [6, 6.07) is 13.3. The van der Waals surface area contributed by atoms with Gasteiger partial charge < -0.3 is 10.6 Å². The number of unbranched alkanes of at least 4 members (excludes halogenated alkanes) is 1. The Morgan fingerprint density at radius 1 is 1.13 bits per heavy atom. The van der Waals surface area contributed by atoms with Crippen molar-refractivity contribution in [2.24, 2.45) is 0 Å². The predicted molar refractivity (Wildman–Crippen MR) is 90.5 cm³/mol. The van der Waals surface area contributed by atoms with Crippen molar-refractivity contribution in [3.8, 4) is 11.1 Å². The van der Waals surface area contributed by atoms with Crippen LogP contribution >= 0.6 is 0 Å². The van der Waals surface area contributed by atoms with Gasteiger partial charge in [-0.3, -0.25) is 10.1 Å². The number of nitrogens with one attached hydrogen (secondary N) is 2. The van der Waals surface area contributed by atoms with E-state index >= 15 is 0 Å². The lowest BCUT2D eigenvalue weighted by atomic mass is 10.0. The minimum atomic E-state index is -0.400. The van der Waals surface area contributed by atoms with Gasteiger partial charge in [0, 0.05) is 18.3 Å². The summed E-state index contributed by atoms with van der Waals surface area (Å²) in [6.45, 7) is 2.69. The largest absolute Gasteiger partial charge is 0.338 e. The third-order valence-corrected chi connectivity index (χ3v) is 3.37. The number of urea groups is 1. The van der Waals surface area contributed by atoms with E-state index < -0.39 is 4.92 Å². The lowest BCUT2D eigenvalue weighted by Gasteiger charge is -2.08. The summed E-state index contributed by atoms with van der Waals surface area (Å²) < 4.78 is 0. The molecule has 0 radical (unpaired) electrons. The monoisotopic (exact) mass is 313 g/mol. The summed E-state index contributed by atoms with van der Waals surface area (Å²) in [5.74, 6) is 0. The van der Waals surface area contributed by atoms with E-state index in [0.29, 0.717) is 17.8 Å². The molecule has 2 N–H and O–H groups in total. The fourth-order valence-corrected chi connectivity index (χ4v) is 2.16. The smallest absolute Gasteiger partial charge is 0.319 e. The van der Waals surface area contributed by atoms with Crippen molar-refractivity contribution in [1.29, 1.82) is 0 Å². The maximum Gasteiger partial charge on any atom is 0.319 e. The van der Waals surface area contributed by atoms with Crippen molar-refractivity contribution in [3.63, 3.8) is 0 Å². The first-order valence-electron chi connectivity index (χ1n) is 7.50. The molecule has 0 heterocycles. The van der Waals surface area contributed by atoms with Crippen molar-refractivity contribution in [2.75, 3.05) is 11.9 Å². The second-order valence-electron chi connectivity index (χ2n) is 5.09. The van der Waals surface area contributed by atoms with Crippen LogP contribution in [0.4, 0.5) is 16.2 Å². The second-order valence-corrected chi connectivity index (χ2v) is 5.09. The molecule has 2 aromatic rings. The second kappa shape index (κ2) is 7.93. The van der Waals surface area contributed by atoms with Crippen molar-refractivity contribution in [2.45, 2.75) is 19.8 Å². The van der Waals surface area contributed by atoms with Gasteiger partial charge in [0.15, 0.2) is 0 Å². The van der Waals surface area contributed by atoms with Gasteiger partial charge in [-0.15, -0.1) is 0 Å². The number of amides is 2. The molecule has 120 valence electrons. The van der Waals surface area contributed by atoms with Gasteiger partial charge in [0.05, 0.1) is 10.5 Å². The SMILES string of the molecule is CCCCNC(=O)Nc1ccc(-c2ccccc2[N+](=O)[O-])cc1. The van der Waals surface area contributed by atoms with Gasteiger partial charge in [-0.05, 0) is 30.2 Å². The fraction of sp³-hybridized carbons (Fsp3) is 0.235. The van der Waals surface area contributed by atoms with Crippen LogP contribution in [0, 0.1) is 10.1 Å². The zero-order valence-corrected chi connectivity index (χ0v) is 12.9. The Kier molecular flexibility index (Phi) is 5.68. The number of hydrogen-bond acceptors (Lipinski definition) is 3. The highest BCUT2D eigenvalue weighted by atomic mass is 16.6. The van der Waals surface area contributed by atoms with Gasteiger partial charge in [-0.2, -0.15) is 0 Å².